The molecule has 29 heavy (non-hydrogen) atoms. The number of aryl methyl sites for hydroxylation is 1. The molecule has 148 valence electrons. The van der Waals surface area contributed by atoms with Gasteiger partial charge in [-0.15, -0.1) is 0 Å². The zero-order chi connectivity index (χ0) is 20.2. The summed E-state index contributed by atoms with van der Waals surface area (Å²) in [7, 11) is 0. The maximum atomic E-state index is 12.4. The van der Waals surface area contributed by atoms with Crippen molar-refractivity contribution in [2.45, 2.75) is 32.2 Å². The van der Waals surface area contributed by atoms with Crippen molar-refractivity contribution in [3.05, 3.63) is 65.2 Å². The monoisotopic (exact) mass is 391 g/mol. The predicted molar refractivity (Wildman–Crippen MR) is 109 cm³/mol. The Kier molecular flexibility index (Phi) is 5.37. The van der Waals surface area contributed by atoms with Gasteiger partial charge in [-0.25, -0.2) is 4.98 Å². The van der Waals surface area contributed by atoms with E-state index in [1.54, 1.807) is 47.4 Å². The number of nitrogens with zero attached hydrogens (tertiary/aromatic N) is 3. The predicted octanol–water partition coefficient (Wildman–Crippen LogP) is 2.91. The van der Waals surface area contributed by atoms with E-state index >= 15 is 0 Å². The molecule has 7 heteroatoms. The van der Waals surface area contributed by atoms with Crippen molar-refractivity contribution in [3.63, 3.8) is 0 Å². The molecule has 1 fully saturated rings. The molecule has 7 nitrogen and oxygen atoms in total. The first-order valence-electron chi connectivity index (χ1n) is 9.67. The average molecular weight is 391 g/mol. The second-order valence-corrected chi connectivity index (χ2v) is 6.98. The topological polar surface area (TPSA) is 81.5 Å². The number of para-hydroxylation sites is 1. The van der Waals surface area contributed by atoms with E-state index in [1.165, 1.54) is 10.9 Å². The molecule has 2 aromatic carbocycles. The molecule has 1 amide bonds. The minimum atomic E-state index is -0.364. The molecule has 0 aliphatic carbocycles. The van der Waals surface area contributed by atoms with Gasteiger partial charge in [0.25, 0.3) is 5.56 Å². The number of aromatic nitrogens is 2. The van der Waals surface area contributed by atoms with Crippen LogP contribution >= 0.6 is 0 Å². The molecule has 0 spiro atoms. The third kappa shape index (κ3) is 4.18. The fourth-order valence-electron chi connectivity index (χ4n) is 3.46. The average Bonchev–Trinajstić information content (AvgIpc) is 3.16. The van der Waals surface area contributed by atoms with Crippen LogP contribution in [-0.2, 0) is 16.1 Å². The van der Waals surface area contributed by atoms with Gasteiger partial charge in [0, 0.05) is 31.6 Å². The molecule has 4 rings (SSSR count). The summed E-state index contributed by atoms with van der Waals surface area (Å²) in [5, 5.41) is 0.564. The van der Waals surface area contributed by atoms with Crippen LogP contribution in [0.5, 0.6) is 5.75 Å². The lowest BCUT2D eigenvalue weighted by Crippen LogP contribution is -2.23. The van der Waals surface area contributed by atoms with E-state index in [1.807, 2.05) is 6.07 Å². The third-order valence-electron chi connectivity index (χ3n) is 4.96. The van der Waals surface area contributed by atoms with E-state index in [0.29, 0.717) is 36.0 Å². The lowest BCUT2D eigenvalue weighted by molar-refractivity contribution is -0.134. The van der Waals surface area contributed by atoms with Crippen LogP contribution in [0.2, 0.25) is 0 Å². The van der Waals surface area contributed by atoms with Crippen LogP contribution in [0.15, 0.2) is 59.7 Å². The van der Waals surface area contributed by atoms with E-state index in [0.717, 1.165) is 18.7 Å². The van der Waals surface area contributed by atoms with Crippen molar-refractivity contribution >= 4 is 28.5 Å². The van der Waals surface area contributed by atoms with Crippen LogP contribution in [0.3, 0.4) is 0 Å². The number of amides is 1. The zero-order valence-corrected chi connectivity index (χ0v) is 15.9. The van der Waals surface area contributed by atoms with Crippen molar-refractivity contribution in [2.75, 3.05) is 11.4 Å². The van der Waals surface area contributed by atoms with Crippen LogP contribution in [0.25, 0.3) is 10.9 Å². The molecular weight excluding hydrogens is 370 g/mol. The maximum Gasteiger partial charge on any atom is 0.311 e. The lowest BCUT2D eigenvalue weighted by Gasteiger charge is -2.15. The van der Waals surface area contributed by atoms with Gasteiger partial charge in [-0.05, 0) is 49.2 Å². The Morgan fingerprint density at radius 3 is 2.62 bits per heavy atom. The summed E-state index contributed by atoms with van der Waals surface area (Å²) in [4.78, 5) is 42.3. The summed E-state index contributed by atoms with van der Waals surface area (Å²) in [6.45, 7) is 1.11. The first-order chi connectivity index (χ1) is 14.1. The Bertz CT molecular complexity index is 1100. The Balaban J connectivity index is 1.31. The molecule has 1 saturated heterocycles. The molecule has 0 saturated carbocycles. The molecule has 1 aliphatic rings. The van der Waals surface area contributed by atoms with Crippen molar-refractivity contribution in [1.82, 2.24) is 9.55 Å². The maximum absolute atomic E-state index is 12.4. The molecule has 0 unspecified atom stereocenters. The standard InChI is InChI=1S/C22H21N3O4/c26-20-7-3-14-25(20)16-9-11-17(12-10-16)29-21(27)8-4-13-24-15-23-19-6-2-1-5-18(19)22(24)28/h1-2,5-6,9-12,15H,3-4,7-8,13-14H2. The summed E-state index contributed by atoms with van der Waals surface area (Å²) < 4.78 is 6.86. The summed E-state index contributed by atoms with van der Waals surface area (Å²) in [5.41, 5.74) is 1.36. The Labute approximate surface area is 167 Å². The molecule has 0 N–H and O–H groups in total. The van der Waals surface area contributed by atoms with E-state index in [-0.39, 0.29) is 23.9 Å². The number of carbonyl (C=O) groups excluding carboxylic acids is 2. The van der Waals surface area contributed by atoms with Gasteiger partial charge in [0.2, 0.25) is 5.91 Å². The zero-order valence-electron chi connectivity index (χ0n) is 15.9. The highest BCUT2D eigenvalue weighted by Gasteiger charge is 2.21. The highest BCUT2D eigenvalue weighted by Crippen LogP contribution is 2.24. The molecule has 1 aliphatic heterocycles. The third-order valence-corrected chi connectivity index (χ3v) is 4.96. The number of hydrogen-bond acceptors (Lipinski definition) is 5. The Morgan fingerprint density at radius 1 is 1.07 bits per heavy atom. The van der Waals surface area contributed by atoms with Gasteiger partial charge >= 0.3 is 5.97 Å². The van der Waals surface area contributed by atoms with E-state index in [9.17, 15) is 14.4 Å². The quantitative estimate of drug-likeness (QED) is 0.477. The van der Waals surface area contributed by atoms with Crippen molar-refractivity contribution in [3.8, 4) is 5.75 Å². The molecule has 0 radical (unpaired) electrons. The lowest BCUT2D eigenvalue weighted by atomic mass is 10.2. The highest BCUT2D eigenvalue weighted by atomic mass is 16.5. The summed E-state index contributed by atoms with van der Waals surface area (Å²) >= 11 is 0. The fourth-order valence-corrected chi connectivity index (χ4v) is 3.46. The minimum absolute atomic E-state index is 0.115. The SMILES string of the molecule is O=C(CCCn1cnc2ccccc2c1=O)Oc1ccc(N2CCCC2=O)cc1. The van der Waals surface area contributed by atoms with Crippen LogP contribution in [0, 0.1) is 0 Å². The second kappa shape index (κ2) is 8.26. The van der Waals surface area contributed by atoms with E-state index in [2.05, 4.69) is 4.98 Å². The highest BCUT2D eigenvalue weighted by molar-refractivity contribution is 5.95. The molecule has 0 atom stereocenters. The smallest absolute Gasteiger partial charge is 0.311 e. The van der Waals surface area contributed by atoms with Gasteiger partial charge in [-0.2, -0.15) is 0 Å². The molecule has 2 heterocycles. The minimum Gasteiger partial charge on any atom is -0.427 e. The molecular formula is C22H21N3O4. The van der Waals surface area contributed by atoms with Crippen LogP contribution in [0.4, 0.5) is 5.69 Å². The van der Waals surface area contributed by atoms with Gasteiger partial charge in [-0.3, -0.25) is 19.0 Å². The number of fused-ring (bicyclic) bond motifs is 1. The van der Waals surface area contributed by atoms with Gasteiger partial charge in [0.1, 0.15) is 5.75 Å². The second-order valence-electron chi connectivity index (χ2n) is 6.98. The Hall–Kier alpha value is -3.48. The summed E-state index contributed by atoms with van der Waals surface area (Å²) in [6.07, 6.45) is 3.61. The van der Waals surface area contributed by atoms with Crippen molar-refractivity contribution < 1.29 is 14.3 Å². The number of esters is 1. The number of hydrogen-bond donors (Lipinski definition) is 0. The van der Waals surface area contributed by atoms with E-state index < -0.39 is 0 Å². The van der Waals surface area contributed by atoms with Crippen molar-refractivity contribution in [2.24, 2.45) is 0 Å². The Morgan fingerprint density at radius 2 is 1.86 bits per heavy atom. The van der Waals surface area contributed by atoms with Crippen LogP contribution in [-0.4, -0.2) is 28.0 Å². The fraction of sp³-hybridized carbons (Fsp3) is 0.273. The summed E-state index contributed by atoms with van der Waals surface area (Å²) in [6, 6.07) is 14.1. The first-order valence-corrected chi connectivity index (χ1v) is 9.67. The first kappa shape index (κ1) is 18.9. The number of benzene rings is 2. The molecule has 1 aromatic heterocycles. The summed E-state index contributed by atoms with van der Waals surface area (Å²) in [5.74, 6) is 0.194. The normalized spacial score (nSPS) is 13.8. The van der Waals surface area contributed by atoms with Gasteiger partial charge in [-0.1, -0.05) is 12.1 Å². The van der Waals surface area contributed by atoms with Gasteiger partial charge < -0.3 is 9.64 Å². The molecule has 0 bridgehead atoms. The molecule has 3 aromatic rings. The van der Waals surface area contributed by atoms with Gasteiger partial charge in [0.05, 0.1) is 17.2 Å². The van der Waals surface area contributed by atoms with E-state index in [4.69, 9.17) is 4.74 Å². The van der Waals surface area contributed by atoms with Crippen LogP contribution < -0.4 is 15.2 Å². The van der Waals surface area contributed by atoms with Gasteiger partial charge in [0.15, 0.2) is 0 Å². The number of ether oxygens (including phenoxy) is 1. The van der Waals surface area contributed by atoms with Crippen LogP contribution in [0.1, 0.15) is 25.7 Å². The largest absolute Gasteiger partial charge is 0.427 e. The van der Waals surface area contributed by atoms with Crippen molar-refractivity contribution in [1.29, 1.82) is 0 Å². The number of carbonyl (C=O) groups is 2. The number of rotatable bonds is 6. The number of anilines is 1.